The Morgan fingerprint density at radius 2 is 1.73 bits per heavy atom. The number of esters is 1. The lowest BCUT2D eigenvalue weighted by Crippen LogP contribution is -2.62. The summed E-state index contributed by atoms with van der Waals surface area (Å²) in [5.74, 6) is -0.548. The van der Waals surface area contributed by atoms with Crippen LogP contribution in [0.5, 0.6) is 0 Å². The summed E-state index contributed by atoms with van der Waals surface area (Å²) in [6, 6.07) is 1.73. The number of benzene rings is 1. The van der Waals surface area contributed by atoms with E-state index in [1.165, 1.54) is 25.1 Å². The van der Waals surface area contributed by atoms with Gasteiger partial charge in [0.2, 0.25) is 0 Å². The fraction of sp³-hybridized carbons (Fsp3) is 0.596. The summed E-state index contributed by atoms with van der Waals surface area (Å²) in [5.41, 5.74) is 6.06. The molecule has 8 rings (SSSR count). The second-order valence-electron chi connectivity index (χ2n) is 19.7. The van der Waals surface area contributed by atoms with Gasteiger partial charge >= 0.3 is 5.97 Å². The number of nitrogens with zero attached hydrogens (tertiary/aromatic N) is 1. The van der Waals surface area contributed by atoms with E-state index in [9.17, 15) is 24.6 Å². The average molecular weight is 750 g/mol. The normalized spacial score (nSPS) is 37.2. The number of aliphatic hydroxyl groups excluding tert-OH is 2. The van der Waals surface area contributed by atoms with Crippen LogP contribution in [0.15, 0.2) is 48.1 Å². The van der Waals surface area contributed by atoms with Gasteiger partial charge in [0.05, 0.1) is 34.5 Å². The van der Waals surface area contributed by atoms with Gasteiger partial charge < -0.3 is 24.3 Å². The van der Waals surface area contributed by atoms with Crippen molar-refractivity contribution in [2.24, 2.45) is 28.6 Å². The Kier molecular flexibility index (Phi) is 8.33. The lowest BCUT2D eigenvalue weighted by molar-refractivity contribution is -0.150. The van der Waals surface area contributed by atoms with Gasteiger partial charge in [-0.05, 0) is 132 Å². The van der Waals surface area contributed by atoms with Gasteiger partial charge in [0.25, 0.3) is 0 Å². The molecule has 1 aromatic heterocycles. The van der Waals surface area contributed by atoms with Gasteiger partial charge in [0, 0.05) is 40.3 Å². The number of allylic oxidation sites excluding steroid dienone is 3. The van der Waals surface area contributed by atoms with E-state index in [-0.39, 0.29) is 34.2 Å². The van der Waals surface area contributed by atoms with Crippen molar-refractivity contribution in [3.05, 3.63) is 76.0 Å². The maximum atomic E-state index is 14.9. The van der Waals surface area contributed by atoms with Crippen molar-refractivity contribution in [1.82, 2.24) is 4.57 Å². The number of ketones is 2. The summed E-state index contributed by atoms with van der Waals surface area (Å²) >= 11 is 0. The zero-order valence-electron chi connectivity index (χ0n) is 34.6. The minimum Gasteiger partial charge on any atom is -0.450 e. The van der Waals surface area contributed by atoms with Crippen molar-refractivity contribution < 1.29 is 34.1 Å². The van der Waals surface area contributed by atoms with Gasteiger partial charge in [-0.3, -0.25) is 14.4 Å². The van der Waals surface area contributed by atoms with E-state index in [1.807, 2.05) is 32.9 Å². The third-order valence-electron chi connectivity index (χ3n) is 15.5. The van der Waals surface area contributed by atoms with Crippen molar-refractivity contribution in [1.29, 1.82) is 0 Å². The van der Waals surface area contributed by atoms with E-state index in [0.717, 1.165) is 58.9 Å². The van der Waals surface area contributed by atoms with E-state index in [0.29, 0.717) is 23.5 Å². The van der Waals surface area contributed by atoms with Crippen molar-refractivity contribution in [2.45, 2.75) is 149 Å². The Labute approximate surface area is 325 Å². The fourth-order valence-corrected chi connectivity index (χ4v) is 13.3. The molecule has 6 aliphatic rings. The number of hydrogen-bond donors (Lipinski definition) is 2. The number of aromatic nitrogens is 1. The molecule has 0 spiro atoms. The van der Waals surface area contributed by atoms with Crippen LogP contribution in [-0.4, -0.2) is 55.7 Å². The van der Waals surface area contributed by atoms with Crippen LogP contribution in [0.1, 0.15) is 147 Å². The molecular weight excluding hydrogens is 691 g/mol. The minimum absolute atomic E-state index is 0.0135. The topological polar surface area (TPSA) is 115 Å². The lowest BCUT2D eigenvalue weighted by Gasteiger charge is -2.64. The minimum atomic E-state index is -0.942. The molecule has 2 fully saturated rings. The SMILES string of the molecule is C=C(C)[C@H]1C(=O)c2c3c(cc4c5c(n1c24)[C@@]1(C)C(CC[C@H]2[C@](C)(/C=C/C=C(\C)C(OC(C)=O)C(C)=O)[C@@H](O)CC[C@@]21C)C5)C1=CC(C)(C)OC(C)(C)C1[C@@H]3O. The summed E-state index contributed by atoms with van der Waals surface area (Å²) < 4.78 is 14.2. The summed E-state index contributed by atoms with van der Waals surface area (Å²) in [6.07, 6.45) is 10.00. The van der Waals surface area contributed by atoms with E-state index in [1.54, 1.807) is 6.92 Å². The number of hydrogen-bond acceptors (Lipinski definition) is 7. The Morgan fingerprint density at radius 1 is 1.04 bits per heavy atom. The predicted molar refractivity (Wildman–Crippen MR) is 214 cm³/mol. The molecule has 0 saturated heterocycles. The molecule has 0 radical (unpaired) electrons. The maximum Gasteiger partial charge on any atom is 0.303 e. The Morgan fingerprint density at radius 3 is 2.36 bits per heavy atom. The largest absolute Gasteiger partial charge is 0.450 e. The highest BCUT2D eigenvalue weighted by Gasteiger charge is 2.67. The highest BCUT2D eigenvalue weighted by molar-refractivity contribution is 6.18. The van der Waals surface area contributed by atoms with E-state index in [2.05, 4.69) is 64.0 Å². The molecule has 2 N–H and O–H groups in total. The number of fused-ring (bicyclic) bond motifs is 11. The molecule has 8 nitrogen and oxygen atoms in total. The maximum absolute atomic E-state index is 14.9. The van der Waals surface area contributed by atoms with Crippen molar-refractivity contribution >= 4 is 34.0 Å². The number of rotatable bonds is 6. The third kappa shape index (κ3) is 4.95. The molecule has 0 bridgehead atoms. The lowest BCUT2D eigenvalue weighted by atomic mass is 9.40. The van der Waals surface area contributed by atoms with Crippen LogP contribution in [0.25, 0.3) is 16.5 Å². The summed E-state index contributed by atoms with van der Waals surface area (Å²) in [5, 5.41) is 25.2. The molecule has 1 aromatic carbocycles. The number of aliphatic hydroxyl groups is 2. The smallest absolute Gasteiger partial charge is 0.303 e. The zero-order valence-corrected chi connectivity index (χ0v) is 34.6. The van der Waals surface area contributed by atoms with Gasteiger partial charge in [-0.25, -0.2) is 0 Å². The molecular formula is C47H59NO7. The van der Waals surface area contributed by atoms with Gasteiger partial charge in [0.1, 0.15) is 6.04 Å². The molecule has 55 heavy (non-hydrogen) atoms. The average Bonchev–Trinajstić information content (AvgIpc) is 3.74. The number of ether oxygens (including phenoxy) is 2. The number of Topliss-reactive ketones (excluding diaryl/α,β-unsaturated/α-hetero) is 2. The Hall–Kier alpha value is -3.59. The van der Waals surface area contributed by atoms with Crippen LogP contribution >= 0.6 is 0 Å². The third-order valence-corrected chi connectivity index (χ3v) is 15.5. The quantitative estimate of drug-likeness (QED) is 0.173. The summed E-state index contributed by atoms with van der Waals surface area (Å²) in [6.45, 7) is 26.1. The van der Waals surface area contributed by atoms with Crippen LogP contribution in [0.3, 0.4) is 0 Å². The van der Waals surface area contributed by atoms with Crippen molar-refractivity contribution in [3.63, 3.8) is 0 Å². The van der Waals surface area contributed by atoms with Gasteiger partial charge in [-0.15, -0.1) is 0 Å². The fourth-order valence-electron chi connectivity index (χ4n) is 13.3. The van der Waals surface area contributed by atoms with Crippen molar-refractivity contribution in [3.8, 4) is 0 Å². The standard InChI is InChI=1S/C47H59NO7/c1-23(2)37-40(53)35-34-28(31-22-43(6,7)55-44(8,9)36(31)39(34)52)21-29-30-20-27-15-16-32-45(10,18-13-14-24(3)41(25(4)49)54-26(5)50)33(51)17-19-46(32,11)47(27,12)42(30)48(37)38(29)35/h13-14,18,21-22,27,32-33,36-37,39,41,51-52H,1,15-17,19-20H2,2-12H3/b18-13+,24-14+/t27?,32-,33-,36?,37-,39+,41?,45-,46-,47+/m0/s1. The molecule has 294 valence electrons. The second kappa shape index (κ2) is 12.0. The van der Waals surface area contributed by atoms with Crippen LogP contribution in [0.2, 0.25) is 0 Å². The molecule has 3 unspecified atom stereocenters. The predicted octanol–water partition coefficient (Wildman–Crippen LogP) is 8.62. The van der Waals surface area contributed by atoms with Gasteiger partial charge in [0.15, 0.2) is 17.7 Å². The monoisotopic (exact) mass is 749 g/mol. The molecule has 2 aromatic rings. The Bertz CT molecular complexity index is 2200. The Balaban J connectivity index is 1.29. The summed E-state index contributed by atoms with van der Waals surface area (Å²) in [4.78, 5) is 39.0. The van der Waals surface area contributed by atoms with Crippen LogP contribution in [0, 0.1) is 28.6 Å². The summed E-state index contributed by atoms with van der Waals surface area (Å²) in [7, 11) is 0. The molecule has 3 heterocycles. The van der Waals surface area contributed by atoms with Crippen LogP contribution in [0.4, 0.5) is 0 Å². The number of carbonyl (C=O) groups is 3. The first-order chi connectivity index (χ1) is 25.5. The highest BCUT2D eigenvalue weighted by atomic mass is 16.5. The molecule has 10 atom stereocenters. The molecule has 2 saturated carbocycles. The van der Waals surface area contributed by atoms with E-state index >= 15 is 0 Å². The van der Waals surface area contributed by atoms with Gasteiger partial charge in [-0.2, -0.15) is 0 Å². The molecule has 2 aliphatic heterocycles. The van der Waals surface area contributed by atoms with Gasteiger partial charge in [-0.1, -0.05) is 51.2 Å². The first-order valence-corrected chi connectivity index (χ1v) is 20.3. The molecule has 0 amide bonds. The van der Waals surface area contributed by atoms with Crippen molar-refractivity contribution in [2.75, 3.05) is 0 Å². The number of carbonyl (C=O) groups excluding carboxylic acids is 3. The first kappa shape index (κ1) is 38.3. The van der Waals surface area contributed by atoms with Crippen LogP contribution in [-0.2, 0) is 30.9 Å². The second-order valence-corrected chi connectivity index (χ2v) is 19.7. The molecule has 8 heteroatoms. The molecule has 4 aliphatic carbocycles. The zero-order chi connectivity index (χ0) is 40.1. The highest BCUT2D eigenvalue weighted by Crippen LogP contribution is 2.71. The first-order valence-electron chi connectivity index (χ1n) is 20.3. The van der Waals surface area contributed by atoms with Crippen LogP contribution < -0.4 is 0 Å². The van der Waals surface area contributed by atoms with E-state index < -0.39 is 46.9 Å². The van der Waals surface area contributed by atoms with E-state index in [4.69, 9.17) is 9.47 Å².